The average Bonchev–Trinajstić information content (AvgIpc) is 2.32. The largest absolute Gasteiger partial charge is 0.224 e. The Morgan fingerprint density at radius 3 is 2.27 bits per heavy atom. The van der Waals surface area contributed by atoms with Crippen molar-refractivity contribution in [2.45, 2.75) is 39.5 Å². The van der Waals surface area contributed by atoms with Crippen LogP contribution in [0, 0.1) is 0 Å². The lowest BCUT2D eigenvalue weighted by Gasteiger charge is -2.12. The number of rotatable bonds is 1. The maximum atomic E-state index is 4.41. The molecular weight excluding hydrogens is 156 g/mol. The lowest BCUT2D eigenvalue weighted by molar-refractivity contribution is 0.583. The summed E-state index contributed by atoms with van der Waals surface area (Å²) in [6.07, 6.45) is 0.937. The van der Waals surface area contributed by atoms with Crippen molar-refractivity contribution in [2.75, 3.05) is 0 Å². The first kappa shape index (κ1) is 8.65. The predicted molar refractivity (Wildman–Crippen MR) is 48.0 cm³/mol. The fourth-order valence-electron chi connectivity index (χ4n) is 0.702. The first-order valence-corrected chi connectivity index (χ1v) is 4.64. The Hall–Kier alpha value is -0.440. The predicted octanol–water partition coefficient (Wildman–Crippen LogP) is 2.40. The highest BCUT2D eigenvalue weighted by Gasteiger charge is 2.18. The van der Waals surface area contributed by atoms with Gasteiger partial charge in [-0.05, 0) is 11.5 Å². The van der Waals surface area contributed by atoms with Gasteiger partial charge in [-0.1, -0.05) is 27.7 Å². The molecule has 1 rings (SSSR count). The van der Waals surface area contributed by atoms with Crippen molar-refractivity contribution in [3.63, 3.8) is 0 Å². The summed E-state index contributed by atoms with van der Waals surface area (Å²) in [5, 5.41) is 1.13. The fraction of sp³-hybridized carbons (Fsp3) is 0.750. The monoisotopic (exact) mass is 170 g/mol. The fourth-order valence-corrected chi connectivity index (χ4v) is 1.48. The third-order valence-corrected chi connectivity index (χ3v) is 2.60. The average molecular weight is 170 g/mol. The van der Waals surface area contributed by atoms with Gasteiger partial charge in [-0.25, -0.2) is 4.98 Å². The topological polar surface area (TPSA) is 25.8 Å². The zero-order valence-electron chi connectivity index (χ0n) is 7.51. The Bertz CT molecular complexity index is 234. The molecule has 1 aromatic heterocycles. The normalized spacial score (nSPS) is 12.0. The molecule has 0 N–H and O–H groups in total. The Balaban J connectivity index is 2.89. The second kappa shape index (κ2) is 2.89. The number of hydrogen-bond donors (Lipinski definition) is 0. The van der Waals surface area contributed by atoms with Crippen LogP contribution in [0.1, 0.15) is 38.5 Å². The van der Waals surface area contributed by atoms with Crippen molar-refractivity contribution in [2.24, 2.45) is 0 Å². The van der Waals surface area contributed by atoms with Crippen molar-refractivity contribution in [3.8, 4) is 0 Å². The number of nitrogens with zero attached hydrogens (tertiary/aromatic N) is 2. The maximum absolute atomic E-state index is 4.41. The molecule has 0 radical (unpaired) electrons. The summed E-state index contributed by atoms with van der Waals surface area (Å²) >= 11 is 1.52. The van der Waals surface area contributed by atoms with E-state index in [0.29, 0.717) is 0 Å². The van der Waals surface area contributed by atoms with E-state index in [4.69, 9.17) is 0 Å². The summed E-state index contributed by atoms with van der Waals surface area (Å²) in [5.74, 6) is 0.972. The number of aromatic nitrogens is 2. The van der Waals surface area contributed by atoms with Crippen molar-refractivity contribution >= 4 is 11.5 Å². The summed E-state index contributed by atoms with van der Waals surface area (Å²) < 4.78 is 4.23. The molecule has 0 aromatic carbocycles. The van der Waals surface area contributed by atoms with Crippen LogP contribution in [0.5, 0.6) is 0 Å². The van der Waals surface area contributed by atoms with Crippen LogP contribution in [0.3, 0.4) is 0 Å². The second-order valence-electron chi connectivity index (χ2n) is 3.62. The van der Waals surface area contributed by atoms with Gasteiger partial charge in [-0.15, -0.1) is 0 Å². The molecule has 0 saturated heterocycles. The van der Waals surface area contributed by atoms with Crippen LogP contribution in [-0.4, -0.2) is 9.36 Å². The molecule has 0 spiro atoms. The molecule has 1 heterocycles. The van der Waals surface area contributed by atoms with Crippen molar-refractivity contribution < 1.29 is 0 Å². The van der Waals surface area contributed by atoms with E-state index in [-0.39, 0.29) is 5.41 Å². The van der Waals surface area contributed by atoms with Crippen LogP contribution in [0.4, 0.5) is 0 Å². The molecule has 11 heavy (non-hydrogen) atoms. The summed E-state index contributed by atoms with van der Waals surface area (Å²) in [7, 11) is 0. The molecule has 0 aliphatic heterocycles. The van der Waals surface area contributed by atoms with E-state index in [1.165, 1.54) is 11.5 Å². The van der Waals surface area contributed by atoms with Gasteiger partial charge in [0.15, 0.2) is 0 Å². The second-order valence-corrected chi connectivity index (χ2v) is 4.37. The van der Waals surface area contributed by atoms with E-state index in [1.807, 2.05) is 0 Å². The van der Waals surface area contributed by atoms with E-state index >= 15 is 0 Å². The van der Waals surface area contributed by atoms with Gasteiger partial charge >= 0.3 is 0 Å². The van der Waals surface area contributed by atoms with E-state index < -0.39 is 0 Å². The van der Waals surface area contributed by atoms with Gasteiger partial charge in [0.25, 0.3) is 0 Å². The molecule has 0 bridgehead atoms. The van der Waals surface area contributed by atoms with Gasteiger partial charge in [0.1, 0.15) is 10.8 Å². The summed E-state index contributed by atoms with van der Waals surface area (Å²) in [6, 6.07) is 0. The van der Waals surface area contributed by atoms with Gasteiger partial charge in [0.2, 0.25) is 0 Å². The Kier molecular flexibility index (Phi) is 2.28. The standard InChI is InChI=1S/C8H14N2S/c1-5-6-9-7(11-10-6)8(2,3)4/h5H2,1-4H3. The smallest absolute Gasteiger partial charge is 0.142 e. The molecule has 0 unspecified atom stereocenters. The molecule has 1 aromatic rings. The molecule has 62 valence electrons. The molecule has 2 nitrogen and oxygen atoms in total. The Labute approximate surface area is 71.8 Å². The minimum absolute atomic E-state index is 0.158. The van der Waals surface area contributed by atoms with Crippen LogP contribution in [0.2, 0.25) is 0 Å². The lowest BCUT2D eigenvalue weighted by atomic mass is 9.98. The highest BCUT2D eigenvalue weighted by molar-refractivity contribution is 7.05. The summed E-state index contributed by atoms with van der Waals surface area (Å²) in [4.78, 5) is 4.41. The molecule has 0 saturated carbocycles. The summed E-state index contributed by atoms with van der Waals surface area (Å²) in [5.41, 5.74) is 0.158. The van der Waals surface area contributed by atoms with Crippen LogP contribution >= 0.6 is 11.5 Å². The van der Waals surface area contributed by atoms with Crippen molar-refractivity contribution in [1.29, 1.82) is 0 Å². The van der Waals surface area contributed by atoms with E-state index in [9.17, 15) is 0 Å². The van der Waals surface area contributed by atoms with Gasteiger partial charge in [-0.2, -0.15) is 4.37 Å². The van der Waals surface area contributed by atoms with Gasteiger partial charge < -0.3 is 0 Å². The zero-order chi connectivity index (χ0) is 8.48. The van der Waals surface area contributed by atoms with Crippen molar-refractivity contribution in [3.05, 3.63) is 10.8 Å². The van der Waals surface area contributed by atoms with Gasteiger partial charge in [-0.3, -0.25) is 0 Å². The highest BCUT2D eigenvalue weighted by Crippen LogP contribution is 2.23. The van der Waals surface area contributed by atoms with E-state index in [2.05, 4.69) is 37.1 Å². The molecule has 0 atom stereocenters. The van der Waals surface area contributed by atoms with Crippen LogP contribution < -0.4 is 0 Å². The van der Waals surface area contributed by atoms with Gasteiger partial charge in [0, 0.05) is 11.8 Å². The van der Waals surface area contributed by atoms with E-state index in [1.54, 1.807) is 0 Å². The molecule has 0 amide bonds. The van der Waals surface area contributed by atoms with E-state index in [0.717, 1.165) is 17.3 Å². The molecule has 3 heteroatoms. The van der Waals surface area contributed by atoms with Crippen molar-refractivity contribution in [1.82, 2.24) is 9.36 Å². The highest BCUT2D eigenvalue weighted by atomic mass is 32.1. The molecule has 0 fully saturated rings. The molecule has 0 aliphatic carbocycles. The Morgan fingerprint density at radius 2 is 2.00 bits per heavy atom. The lowest BCUT2D eigenvalue weighted by Crippen LogP contribution is -2.10. The summed E-state index contributed by atoms with van der Waals surface area (Å²) in [6.45, 7) is 8.56. The number of hydrogen-bond acceptors (Lipinski definition) is 3. The minimum atomic E-state index is 0.158. The Morgan fingerprint density at radius 1 is 1.36 bits per heavy atom. The van der Waals surface area contributed by atoms with Gasteiger partial charge in [0.05, 0.1) is 0 Å². The third-order valence-electron chi connectivity index (χ3n) is 1.43. The molecular formula is C8H14N2S. The first-order valence-electron chi connectivity index (χ1n) is 3.87. The SMILES string of the molecule is CCc1nsc(C(C)(C)C)n1. The minimum Gasteiger partial charge on any atom is -0.224 e. The third kappa shape index (κ3) is 1.99. The quantitative estimate of drug-likeness (QED) is 0.646. The first-order chi connectivity index (χ1) is 5.04. The zero-order valence-corrected chi connectivity index (χ0v) is 8.33. The van der Waals surface area contributed by atoms with Crippen LogP contribution in [0.25, 0.3) is 0 Å². The molecule has 0 aliphatic rings. The maximum Gasteiger partial charge on any atom is 0.142 e. The number of aryl methyl sites for hydroxylation is 1. The van der Waals surface area contributed by atoms with Crippen LogP contribution in [0.15, 0.2) is 0 Å². The van der Waals surface area contributed by atoms with Crippen LogP contribution in [-0.2, 0) is 11.8 Å².